The molecule has 0 radical (unpaired) electrons. The molecule has 2 rings (SSSR count). The number of ketones is 1. The third-order valence-electron chi connectivity index (χ3n) is 3.01. The van der Waals surface area contributed by atoms with E-state index in [1.807, 2.05) is 6.07 Å². The minimum absolute atomic E-state index is 0.0335. The van der Waals surface area contributed by atoms with Crippen molar-refractivity contribution in [3.05, 3.63) is 61.8 Å². The molecule has 1 aromatic carbocycles. The number of rotatable bonds is 6. The van der Waals surface area contributed by atoms with E-state index in [1.54, 1.807) is 6.07 Å². The monoisotopic (exact) mass is 318 g/mol. The van der Waals surface area contributed by atoms with Gasteiger partial charge in [-0.25, -0.2) is 0 Å². The van der Waals surface area contributed by atoms with Crippen LogP contribution >= 0.6 is 11.3 Å². The topological polar surface area (TPSA) is 89.3 Å². The summed E-state index contributed by atoms with van der Waals surface area (Å²) >= 11 is 1.42. The maximum atomic E-state index is 11.9. The molecule has 0 saturated heterocycles. The Morgan fingerprint density at radius 2 is 1.86 bits per heavy atom. The molecule has 22 heavy (non-hydrogen) atoms. The number of non-ortho nitro benzene ring substituents is 1. The van der Waals surface area contributed by atoms with E-state index in [9.17, 15) is 19.7 Å². The summed E-state index contributed by atoms with van der Waals surface area (Å²) in [6.45, 7) is 1.96. The summed E-state index contributed by atoms with van der Waals surface area (Å²) in [7, 11) is 0. The molecule has 1 N–H and O–H groups in total. The van der Waals surface area contributed by atoms with Crippen LogP contribution in [0.2, 0.25) is 0 Å². The first-order valence-electron chi connectivity index (χ1n) is 6.59. The van der Waals surface area contributed by atoms with Gasteiger partial charge in [-0.1, -0.05) is 0 Å². The number of benzene rings is 1. The first-order valence-corrected chi connectivity index (χ1v) is 7.41. The van der Waals surface area contributed by atoms with Crippen molar-refractivity contribution < 1.29 is 14.5 Å². The van der Waals surface area contributed by atoms with Crippen molar-refractivity contribution in [3.8, 4) is 0 Å². The number of Topliss-reactive ketones (excluding diaryl/α,β-unsaturated/α-hetero) is 1. The highest BCUT2D eigenvalue weighted by molar-refractivity contribution is 7.14. The largest absolute Gasteiger partial charge is 0.352 e. The van der Waals surface area contributed by atoms with Gasteiger partial charge in [-0.3, -0.25) is 19.7 Å². The molecule has 114 valence electrons. The van der Waals surface area contributed by atoms with Crippen LogP contribution in [0.25, 0.3) is 0 Å². The van der Waals surface area contributed by atoms with Crippen LogP contribution in [0.15, 0.2) is 36.4 Å². The predicted octanol–water partition coefficient (Wildman–Crippen LogP) is 2.83. The van der Waals surface area contributed by atoms with Gasteiger partial charge in [0.15, 0.2) is 5.78 Å². The van der Waals surface area contributed by atoms with E-state index in [0.717, 1.165) is 4.88 Å². The molecule has 1 aromatic heterocycles. The molecule has 0 aliphatic heterocycles. The molecule has 0 bridgehead atoms. The number of nitrogens with zero attached hydrogens (tertiary/aromatic N) is 1. The zero-order valence-corrected chi connectivity index (χ0v) is 12.7. The minimum atomic E-state index is -0.509. The molecule has 6 nitrogen and oxygen atoms in total. The summed E-state index contributed by atoms with van der Waals surface area (Å²) in [5.41, 5.74) is 0.327. The summed E-state index contributed by atoms with van der Waals surface area (Å²) in [6.07, 6.45) is 0.636. The SMILES string of the molecule is CC(=O)c1ccc(CCNC(=O)c2ccc([N+](=O)[O-])cc2)s1. The van der Waals surface area contributed by atoms with Crippen LogP contribution in [0.1, 0.15) is 31.8 Å². The average Bonchev–Trinajstić information content (AvgIpc) is 2.96. The Bertz CT molecular complexity index is 707. The number of nitro benzene ring substituents is 1. The third-order valence-corrected chi connectivity index (χ3v) is 4.25. The zero-order valence-electron chi connectivity index (χ0n) is 11.9. The number of carbonyl (C=O) groups is 2. The van der Waals surface area contributed by atoms with E-state index in [1.165, 1.54) is 42.5 Å². The Balaban J connectivity index is 1.86. The summed E-state index contributed by atoms with van der Waals surface area (Å²) in [6, 6.07) is 9.10. The fourth-order valence-corrected chi connectivity index (χ4v) is 2.74. The Morgan fingerprint density at radius 1 is 1.18 bits per heavy atom. The molecule has 0 fully saturated rings. The lowest BCUT2D eigenvalue weighted by Gasteiger charge is -2.04. The lowest BCUT2D eigenvalue weighted by atomic mass is 10.2. The van der Waals surface area contributed by atoms with Crippen LogP contribution in [0, 0.1) is 10.1 Å². The first kappa shape index (κ1) is 15.8. The molecule has 1 amide bonds. The van der Waals surface area contributed by atoms with Crippen LogP contribution in [0.3, 0.4) is 0 Å². The molecule has 0 saturated carbocycles. The number of hydrogen-bond donors (Lipinski definition) is 1. The second-order valence-electron chi connectivity index (χ2n) is 4.63. The van der Waals surface area contributed by atoms with Crippen molar-refractivity contribution in [1.29, 1.82) is 0 Å². The van der Waals surface area contributed by atoms with Gasteiger partial charge in [-0.15, -0.1) is 11.3 Å². The summed E-state index contributed by atoms with van der Waals surface area (Å²) in [5, 5.41) is 13.3. The highest BCUT2D eigenvalue weighted by Gasteiger charge is 2.09. The summed E-state index contributed by atoms with van der Waals surface area (Å²) in [4.78, 5) is 34.9. The lowest BCUT2D eigenvalue weighted by Crippen LogP contribution is -2.25. The zero-order chi connectivity index (χ0) is 16.1. The lowest BCUT2D eigenvalue weighted by molar-refractivity contribution is -0.384. The van der Waals surface area contributed by atoms with E-state index in [0.29, 0.717) is 23.4 Å². The molecule has 1 heterocycles. The molecular formula is C15H14N2O4S. The van der Waals surface area contributed by atoms with Gasteiger partial charge in [-0.05, 0) is 37.6 Å². The highest BCUT2D eigenvalue weighted by Crippen LogP contribution is 2.17. The van der Waals surface area contributed by atoms with Crippen molar-refractivity contribution in [2.45, 2.75) is 13.3 Å². The Labute approximate surface area is 130 Å². The van der Waals surface area contributed by atoms with E-state index in [4.69, 9.17) is 0 Å². The van der Waals surface area contributed by atoms with Gasteiger partial charge >= 0.3 is 0 Å². The van der Waals surface area contributed by atoms with Gasteiger partial charge in [0.05, 0.1) is 9.80 Å². The number of nitrogens with one attached hydrogen (secondary N) is 1. The second-order valence-corrected chi connectivity index (χ2v) is 5.80. The molecule has 7 heteroatoms. The molecule has 0 spiro atoms. The predicted molar refractivity (Wildman–Crippen MR) is 83.5 cm³/mol. The van der Waals surface area contributed by atoms with Crippen LogP contribution < -0.4 is 5.32 Å². The number of amides is 1. The van der Waals surface area contributed by atoms with Gasteiger partial charge < -0.3 is 5.32 Å². The Morgan fingerprint density at radius 3 is 2.41 bits per heavy atom. The van der Waals surface area contributed by atoms with Gasteiger partial charge in [-0.2, -0.15) is 0 Å². The van der Waals surface area contributed by atoms with E-state index < -0.39 is 4.92 Å². The van der Waals surface area contributed by atoms with Crippen LogP contribution in [0.4, 0.5) is 5.69 Å². The highest BCUT2D eigenvalue weighted by atomic mass is 32.1. The summed E-state index contributed by atoms with van der Waals surface area (Å²) in [5.74, 6) is -0.246. The van der Waals surface area contributed by atoms with Crippen LogP contribution in [0.5, 0.6) is 0 Å². The van der Waals surface area contributed by atoms with Gasteiger partial charge in [0.1, 0.15) is 0 Å². The maximum Gasteiger partial charge on any atom is 0.269 e. The van der Waals surface area contributed by atoms with Crippen LogP contribution in [-0.2, 0) is 6.42 Å². The Kier molecular flexibility index (Phi) is 5.00. The van der Waals surface area contributed by atoms with Gasteiger partial charge in [0.2, 0.25) is 0 Å². The molecule has 2 aromatic rings. The number of nitro groups is 1. The van der Waals surface area contributed by atoms with E-state index >= 15 is 0 Å². The summed E-state index contributed by atoms with van der Waals surface area (Å²) < 4.78 is 0. The second kappa shape index (κ2) is 6.95. The first-order chi connectivity index (χ1) is 10.5. The molecule has 0 unspecified atom stereocenters. The average molecular weight is 318 g/mol. The fourth-order valence-electron chi connectivity index (χ4n) is 1.84. The molecule has 0 atom stereocenters. The number of carbonyl (C=O) groups excluding carboxylic acids is 2. The van der Waals surface area contributed by atoms with Gasteiger partial charge in [0.25, 0.3) is 11.6 Å². The van der Waals surface area contributed by atoms with Crippen molar-refractivity contribution in [1.82, 2.24) is 5.32 Å². The van der Waals surface area contributed by atoms with Crippen molar-refractivity contribution in [3.63, 3.8) is 0 Å². The van der Waals surface area contributed by atoms with Crippen molar-refractivity contribution >= 4 is 28.7 Å². The Hall–Kier alpha value is -2.54. The number of thiophene rings is 1. The normalized spacial score (nSPS) is 10.2. The molecule has 0 aliphatic carbocycles. The van der Waals surface area contributed by atoms with E-state index in [2.05, 4.69) is 5.32 Å². The standard InChI is InChI=1S/C15H14N2O4S/c1-10(18)14-7-6-13(22-14)8-9-16-15(19)11-2-4-12(5-3-11)17(20)21/h2-7H,8-9H2,1H3,(H,16,19). The van der Waals surface area contributed by atoms with Gasteiger partial charge in [0, 0.05) is 29.1 Å². The fraction of sp³-hybridized carbons (Fsp3) is 0.200. The van der Waals surface area contributed by atoms with Crippen LogP contribution in [-0.4, -0.2) is 23.2 Å². The number of hydrogen-bond acceptors (Lipinski definition) is 5. The third kappa shape index (κ3) is 3.98. The van der Waals surface area contributed by atoms with Crippen molar-refractivity contribution in [2.75, 3.05) is 6.54 Å². The van der Waals surface area contributed by atoms with E-state index in [-0.39, 0.29) is 17.4 Å². The maximum absolute atomic E-state index is 11.9. The molecule has 0 aliphatic rings. The quantitative estimate of drug-likeness (QED) is 0.504. The van der Waals surface area contributed by atoms with Crippen molar-refractivity contribution in [2.24, 2.45) is 0 Å². The molecular weight excluding hydrogens is 304 g/mol. The minimum Gasteiger partial charge on any atom is -0.352 e. The smallest absolute Gasteiger partial charge is 0.269 e.